The summed E-state index contributed by atoms with van der Waals surface area (Å²) in [5.41, 5.74) is 0. The first-order valence-electron chi connectivity index (χ1n) is 1.06. The second kappa shape index (κ2) is 9.18. The Morgan fingerprint density at radius 3 is 1.14 bits per heavy atom. The van der Waals surface area contributed by atoms with Crippen molar-refractivity contribution in [2.24, 2.45) is 0 Å². The Bertz CT molecular complexity index is 55.2. The van der Waals surface area contributed by atoms with Crippen LogP contribution in [0.2, 0.25) is 0 Å². The van der Waals surface area contributed by atoms with E-state index in [-0.39, 0.29) is 0 Å². The van der Waals surface area contributed by atoms with Crippen molar-refractivity contribution in [3.8, 4) is 0 Å². The monoisotopic (exact) mass is 128 g/mol. The molecule has 0 N–H and O–H groups in total. The largest absolute Gasteiger partial charge is 0.762 e. The average Bonchev–Trinajstić information content (AvgIpc) is 1.33. The van der Waals surface area contributed by atoms with Crippen LogP contribution in [0.15, 0.2) is 0 Å². The summed E-state index contributed by atoms with van der Waals surface area (Å²) in [6.45, 7) is 0. The van der Waals surface area contributed by atoms with Crippen LogP contribution >= 0.6 is 0 Å². The van der Waals surface area contributed by atoms with Crippen molar-refractivity contribution < 1.29 is 21.9 Å². The molecule has 0 aliphatic heterocycles. The van der Waals surface area contributed by atoms with Crippen molar-refractivity contribution in [1.29, 1.82) is 0 Å². The van der Waals surface area contributed by atoms with Gasteiger partial charge >= 0.3 is 16.8 Å². The first-order valence-corrected chi connectivity index (χ1v) is 1.88. The maximum absolute atomic E-state index is 9.67. The van der Waals surface area contributed by atoms with Gasteiger partial charge in [0.2, 0.25) is 0 Å². The molecule has 2 nitrogen and oxygen atoms in total. The van der Waals surface area contributed by atoms with Gasteiger partial charge in [0.05, 0.1) is 0 Å². The topological polar surface area (TPSA) is 34.1 Å². The first-order chi connectivity index (χ1) is 3.15. The van der Waals surface area contributed by atoms with Crippen molar-refractivity contribution in [2.75, 3.05) is 0 Å². The molecule has 0 amide bonds. The molecule has 0 aliphatic rings. The number of rotatable bonds is 0. The van der Waals surface area contributed by atoms with Crippen LogP contribution in [-0.2, 0) is 8.92 Å². The third-order valence-corrected chi connectivity index (χ3v) is 0. The molecule has 7 heteroatoms. The SMILES string of the molecule is FB(F)F.O=[Si]=O. The van der Waals surface area contributed by atoms with Gasteiger partial charge in [-0.2, -0.15) is 0 Å². The smallest absolute Gasteiger partial charge is 0.274 e. The fourth-order valence-corrected chi connectivity index (χ4v) is 0. The van der Waals surface area contributed by atoms with Crippen molar-refractivity contribution in [3.63, 3.8) is 0 Å². The molecule has 0 atom stereocenters. The van der Waals surface area contributed by atoms with E-state index in [1.54, 1.807) is 0 Å². The second-order valence-corrected chi connectivity index (χ2v) is 0.497. The Morgan fingerprint density at radius 1 is 1.14 bits per heavy atom. The average molecular weight is 128 g/mol. The van der Waals surface area contributed by atoms with Crippen LogP contribution in [0.1, 0.15) is 0 Å². The highest BCUT2D eigenvalue weighted by Crippen LogP contribution is 1.80. The minimum Gasteiger partial charge on any atom is -0.274 e. The van der Waals surface area contributed by atoms with E-state index in [2.05, 4.69) is 0 Å². The quantitative estimate of drug-likeness (QED) is 0.438. The molecule has 0 aromatic rings. The molecule has 0 rings (SSSR count). The van der Waals surface area contributed by atoms with E-state index in [1.165, 1.54) is 0 Å². The summed E-state index contributed by atoms with van der Waals surface area (Å²) in [4.78, 5) is 0. The molecule has 0 aromatic carbocycles. The Morgan fingerprint density at radius 2 is 1.14 bits per heavy atom. The zero-order chi connectivity index (χ0) is 6.28. The van der Waals surface area contributed by atoms with E-state index < -0.39 is 16.8 Å². The summed E-state index contributed by atoms with van der Waals surface area (Å²) >= 11 is 0. The van der Waals surface area contributed by atoms with Gasteiger partial charge in [0.15, 0.2) is 0 Å². The summed E-state index contributed by atoms with van der Waals surface area (Å²) in [5, 5.41) is 0. The summed E-state index contributed by atoms with van der Waals surface area (Å²) in [7, 11) is -5.08. The maximum Gasteiger partial charge on any atom is 0.762 e. The predicted octanol–water partition coefficient (Wildman–Crippen LogP) is 0.261. The van der Waals surface area contributed by atoms with Gasteiger partial charge in [-0.25, -0.2) is 0 Å². The Hall–Kier alpha value is -0.328. The zero-order valence-corrected chi connectivity index (χ0v) is 4.03. The lowest BCUT2D eigenvalue weighted by molar-refractivity contribution is 0.497. The van der Waals surface area contributed by atoms with E-state index in [1.807, 2.05) is 0 Å². The number of halogens is 3. The Kier molecular flexibility index (Phi) is 12.9. The molecule has 40 valence electrons. The van der Waals surface area contributed by atoms with Crippen LogP contribution in [-0.4, -0.2) is 16.8 Å². The van der Waals surface area contributed by atoms with E-state index in [4.69, 9.17) is 8.92 Å². The molecular weight excluding hydrogens is 128 g/mol. The molecule has 0 heterocycles. The van der Waals surface area contributed by atoms with Gasteiger partial charge in [-0.15, -0.1) is 0 Å². The third kappa shape index (κ3) is 710. The van der Waals surface area contributed by atoms with Crippen LogP contribution in [0, 0.1) is 0 Å². The van der Waals surface area contributed by atoms with Gasteiger partial charge in [-0.05, 0) is 0 Å². The highest BCUT2D eigenvalue weighted by atomic mass is 28.2. The van der Waals surface area contributed by atoms with E-state index in [0.29, 0.717) is 0 Å². The lowest BCUT2D eigenvalue weighted by Crippen LogP contribution is -1.76. The minimum atomic E-state index is -3.67. The van der Waals surface area contributed by atoms with Crippen molar-refractivity contribution in [3.05, 3.63) is 0 Å². The van der Waals surface area contributed by atoms with Gasteiger partial charge in [-0.1, -0.05) is 0 Å². The molecule has 0 saturated heterocycles. The zero-order valence-electron chi connectivity index (χ0n) is 3.03. The standard InChI is InChI=1S/BF3.O2Si/c2-1(3)4;1-3-2. The molecule has 0 bridgehead atoms. The fourth-order valence-electron chi connectivity index (χ4n) is 0. The van der Waals surface area contributed by atoms with E-state index >= 15 is 0 Å². The highest BCUT2D eigenvalue weighted by Gasteiger charge is 2.06. The summed E-state index contributed by atoms with van der Waals surface area (Å²) in [5.74, 6) is 0. The number of hydrogen-bond acceptors (Lipinski definition) is 2. The van der Waals surface area contributed by atoms with Crippen molar-refractivity contribution in [2.45, 2.75) is 0 Å². The van der Waals surface area contributed by atoms with Crippen LogP contribution in [0.25, 0.3) is 0 Å². The summed E-state index contributed by atoms with van der Waals surface area (Å²) < 4.78 is 45.8. The first kappa shape index (κ1) is 9.83. The maximum atomic E-state index is 9.67. The van der Waals surface area contributed by atoms with Gasteiger partial charge in [-0.3, -0.25) is 21.9 Å². The molecule has 0 spiro atoms. The molecule has 0 aromatic heterocycles. The van der Waals surface area contributed by atoms with Crippen LogP contribution in [0.5, 0.6) is 0 Å². The van der Waals surface area contributed by atoms with Crippen molar-refractivity contribution in [1.82, 2.24) is 0 Å². The molecule has 0 unspecified atom stereocenters. The lowest BCUT2D eigenvalue weighted by atomic mass is 10.5. The molecule has 0 saturated carbocycles. The lowest BCUT2D eigenvalue weighted by Gasteiger charge is -1.55. The predicted molar refractivity (Wildman–Crippen MR) is 16.2 cm³/mol. The Balaban J connectivity index is 0. The van der Waals surface area contributed by atoms with Crippen LogP contribution < -0.4 is 0 Å². The molecule has 0 aliphatic carbocycles. The minimum absolute atomic E-state index is 1.42. The van der Waals surface area contributed by atoms with Gasteiger partial charge < -0.3 is 0 Å². The van der Waals surface area contributed by atoms with Gasteiger partial charge in [0, 0.05) is 0 Å². The van der Waals surface area contributed by atoms with Gasteiger partial charge in [0.1, 0.15) is 0 Å². The fraction of sp³-hybridized carbons (Fsp3) is 0. The van der Waals surface area contributed by atoms with E-state index in [0.717, 1.165) is 0 Å². The van der Waals surface area contributed by atoms with E-state index in [9.17, 15) is 12.9 Å². The van der Waals surface area contributed by atoms with Crippen LogP contribution in [0.3, 0.4) is 0 Å². The normalized spacial score (nSPS) is 5.00. The summed E-state index contributed by atoms with van der Waals surface area (Å²) in [6, 6.07) is 0. The molecule has 7 heavy (non-hydrogen) atoms. The van der Waals surface area contributed by atoms with Crippen LogP contribution in [0.4, 0.5) is 12.9 Å². The molecule has 0 radical (unpaired) electrons. The second-order valence-electron chi connectivity index (χ2n) is 0.331. The number of hydrogen-bond donors (Lipinski definition) is 0. The summed E-state index contributed by atoms with van der Waals surface area (Å²) in [6.07, 6.45) is 0. The van der Waals surface area contributed by atoms with Crippen molar-refractivity contribution >= 4 is 16.8 Å². The third-order valence-electron chi connectivity index (χ3n) is 0. The Labute approximate surface area is 39.9 Å². The highest BCUT2D eigenvalue weighted by molar-refractivity contribution is 6.33. The van der Waals surface area contributed by atoms with Gasteiger partial charge in [0.25, 0.3) is 0 Å². The molecular formula is BF3O2Si. The molecule has 0 fully saturated rings.